The van der Waals surface area contributed by atoms with Crippen LogP contribution in [-0.2, 0) is 6.54 Å². The van der Waals surface area contributed by atoms with Crippen LogP contribution < -0.4 is 10.6 Å². The molecule has 6 heteroatoms. The van der Waals surface area contributed by atoms with Crippen LogP contribution in [0.1, 0.15) is 11.3 Å². The third-order valence-electron chi connectivity index (χ3n) is 3.12. The first-order valence-electron chi connectivity index (χ1n) is 6.35. The summed E-state index contributed by atoms with van der Waals surface area (Å²) in [7, 11) is 1.91. The highest BCUT2D eigenvalue weighted by Gasteiger charge is 2.12. The van der Waals surface area contributed by atoms with Crippen molar-refractivity contribution in [2.24, 2.45) is 0 Å². The molecule has 0 atom stereocenters. The van der Waals surface area contributed by atoms with E-state index in [1.165, 1.54) is 4.40 Å². The average Bonchev–Trinajstić information content (AvgIpc) is 2.80. The van der Waals surface area contributed by atoms with Gasteiger partial charge in [-0.15, -0.1) is 0 Å². The quantitative estimate of drug-likeness (QED) is 0.779. The molecule has 6 nitrogen and oxygen atoms in total. The Labute approximate surface area is 115 Å². The first-order chi connectivity index (χ1) is 9.65. The minimum atomic E-state index is -0.276. The highest BCUT2D eigenvalue weighted by Crippen LogP contribution is 2.14. The molecule has 0 radical (unpaired) electrons. The largest absolute Gasteiger partial charge is 0.350 e. The molecule has 0 aliphatic carbocycles. The van der Waals surface area contributed by atoms with E-state index in [4.69, 9.17) is 0 Å². The van der Waals surface area contributed by atoms with Gasteiger partial charge in [-0.05, 0) is 12.5 Å². The zero-order valence-corrected chi connectivity index (χ0v) is 11.4. The molecule has 0 unspecified atom stereocenters. The topological polar surface area (TPSA) is 66.3 Å². The van der Waals surface area contributed by atoms with E-state index in [0.29, 0.717) is 18.1 Å². The van der Waals surface area contributed by atoms with Crippen LogP contribution in [0.5, 0.6) is 0 Å². The first-order valence-corrected chi connectivity index (χ1v) is 6.35. The van der Waals surface area contributed by atoms with E-state index in [9.17, 15) is 4.79 Å². The lowest BCUT2D eigenvalue weighted by Crippen LogP contribution is -2.25. The maximum absolute atomic E-state index is 11.8. The fourth-order valence-corrected chi connectivity index (χ4v) is 2.21. The Morgan fingerprint density at radius 1 is 1.30 bits per heavy atom. The smallest absolute Gasteiger partial charge is 0.341 e. The Hall–Kier alpha value is -2.63. The molecule has 1 N–H and O–H groups in total. The molecule has 0 saturated carbocycles. The lowest BCUT2D eigenvalue weighted by molar-refractivity contribution is 0.831. The fourth-order valence-electron chi connectivity index (χ4n) is 2.21. The second-order valence-corrected chi connectivity index (χ2v) is 4.76. The number of nitrogens with zero attached hydrogens (tertiary/aromatic N) is 4. The van der Waals surface area contributed by atoms with Gasteiger partial charge < -0.3 is 4.90 Å². The van der Waals surface area contributed by atoms with Crippen LogP contribution in [0.2, 0.25) is 0 Å². The number of rotatable bonds is 3. The lowest BCUT2D eigenvalue weighted by Gasteiger charge is -2.19. The molecule has 3 aromatic rings. The molecule has 0 bridgehead atoms. The summed E-state index contributed by atoms with van der Waals surface area (Å²) >= 11 is 0. The second-order valence-electron chi connectivity index (χ2n) is 4.76. The number of aromatic amines is 1. The Kier molecular flexibility index (Phi) is 2.98. The van der Waals surface area contributed by atoms with E-state index >= 15 is 0 Å². The van der Waals surface area contributed by atoms with Crippen molar-refractivity contribution in [2.45, 2.75) is 13.5 Å². The summed E-state index contributed by atoms with van der Waals surface area (Å²) in [5, 5.41) is 6.44. The molecule has 0 aliphatic heterocycles. The molecular formula is C14H15N5O. The zero-order chi connectivity index (χ0) is 14.1. The van der Waals surface area contributed by atoms with Gasteiger partial charge >= 0.3 is 5.69 Å². The number of aryl methyl sites for hydroxylation is 1. The number of benzene rings is 1. The summed E-state index contributed by atoms with van der Waals surface area (Å²) < 4.78 is 1.48. The minimum absolute atomic E-state index is 0.276. The van der Waals surface area contributed by atoms with E-state index in [1.54, 1.807) is 6.07 Å². The van der Waals surface area contributed by atoms with Gasteiger partial charge in [0.25, 0.3) is 0 Å². The Morgan fingerprint density at radius 3 is 2.80 bits per heavy atom. The Morgan fingerprint density at radius 2 is 2.05 bits per heavy atom. The highest BCUT2D eigenvalue weighted by molar-refractivity contribution is 5.47. The summed E-state index contributed by atoms with van der Waals surface area (Å²) in [4.78, 5) is 18.2. The minimum Gasteiger partial charge on any atom is -0.341 e. The molecule has 3 rings (SSSR count). The van der Waals surface area contributed by atoms with Crippen molar-refractivity contribution in [1.29, 1.82) is 0 Å². The number of hydrogen-bond donors (Lipinski definition) is 1. The van der Waals surface area contributed by atoms with Crippen LogP contribution >= 0.6 is 0 Å². The van der Waals surface area contributed by atoms with Crippen molar-refractivity contribution in [3.8, 4) is 0 Å². The van der Waals surface area contributed by atoms with Gasteiger partial charge in [0.05, 0.1) is 0 Å². The van der Waals surface area contributed by atoms with Crippen LogP contribution in [0.15, 0.2) is 41.2 Å². The predicted molar refractivity (Wildman–Crippen MR) is 76.9 cm³/mol. The molecular weight excluding hydrogens is 254 g/mol. The lowest BCUT2D eigenvalue weighted by atomic mass is 10.2. The van der Waals surface area contributed by atoms with Crippen molar-refractivity contribution < 1.29 is 0 Å². The van der Waals surface area contributed by atoms with E-state index < -0.39 is 0 Å². The highest BCUT2D eigenvalue weighted by atomic mass is 16.1. The van der Waals surface area contributed by atoms with Gasteiger partial charge in [0.15, 0.2) is 5.65 Å². The summed E-state index contributed by atoms with van der Waals surface area (Å²) in [5.41, 5.74) is 2.29. The Balaban J connectivity index is 2.05. The molecule has 0 amide bonds. The van der Waals surface area contributed by atoms with E-state index in [1.807, 2.05) is 49.2 Å². The summed E-state index contributed by atoms with van der Waals surface area (Å²) in [6.45, 7) is 2.56. The van der Waals surface area contributed by atoms with Crippen LogP contribution in [0.3, 0.4) is 0 Å². The normalized spacial score (nSPS) is 10.9. The van der Waals surface area contributed by atoms with E-state index in [2.05, 4.69) is 15.2 Å². The van der Waals surface area contributed by atoms with Gasteiger partial charge in [0.2, 0.25) is 5.95 Å². The van der Waals surface area contributed by atoms with Crippen molar-refractivity contribution >= 4 is 11.6 Å². The van der Waals surface area contributed by atoms with Gasteiger partial charge in [0, 0.05) is 25.4 Å². The summed E-state index contributed by atoms with van der Waals surface area (Å²) in [6.07, 6.45) is 0. The van der Waals surface area contributed by atoms with Crippen molar-refractivity contribution in [1.82, 2.24) is 19.6 Å². The van der Waals surface area contributed by atoms with E-state index in [0.717, 1.165) is 11.3 Å². The molecule has 0 saturated heterocycles. The van der Waals surface area contributed by atoms with Crippen LogP contribution in [0, 0.1) is 6.92 Å². The van der Waals surface area contributed by atoms with Gasteiger partial charge in [-0.3, -0.25) is 0 Å². The monoisotopic (exact) mass is 269 g/mol. The molecule has 0 fully saturated rings. The van der Waals surface area contributed by atoms with Gasteiger partial charge in [0.1, 0.15) is 0 Å². The molecule has 0 aliphatic rings. The van der Waals surface area contributed by atoms with Crippen LogP contribution in [-0.4, -0.2) is 26.6 Å². The summed E-state index contributed by atoms with van der Waals surface area (Å²) in [6, 6.07) is 11.8. The number of nitrogens with one attached hydrogen (secondary N) is 1. The van der Waals surface area contributed by atoms with Gasteiger partial charge in [-0.25, -0.2) is 19.3 Å². The van der Waals surface area contributed by atoms with Gasteiger partial charge in [-0.2, -0.15) is 5.10 Å². The number of fused-ring (bicyclic) bond motifs is 1. The SMILES string of the molecule is Cc1cc2n[nH]c(=O)n2c(N(C)Cc2ccccc2)n1. The molecule has 20 heavy (non-hydrogen) atoms. The third-order valence-corrected chi connectivity index (χ3v) is 3.12. The standard InChI is InChI=1S/C14H15N5O/c1-10-8-12-16-17-14(20)19(12)13(15-10)18(2)9-11-6-4-3-5-7-11/h3-8H,9H2,1-2H3,(H,17,20). The van der Waals surface area contributed by atoms with Crippen molar-refractivity contribution in [3.63, 3.8) is 0 Å². The number of anilines is 1. The number of H-pyrrole nitrogens is 1. The predicted octanol–water partition coefficient (Wildman–Crippen LogP) is 1.36. The molecule has 102 valence electrons. The maximum atomic E-state index is 11.8. The second kappa shape index (κ2) is 4.80. The van der Waals surface area contributed by atoms with Crippen LogP contribution in [0.4, 0.5) is 5.95 Å². The van der Waals surface area contributed by atoms with Gasteiger partial charge in [-0.1, -0.05) is 30.3 Å². The third kappa shape index (κ3) is 2.16. The zero-order valence-electron chi connectivity index (χ0n) is 11.4. The first kappa shape index (κ1) is 12.4. The average molecular weight is 269 g/mol. The molecule has 2 aromatic heterocycles. The number of hydrogen-bond acceptors (Lipinski definition) is 4. The van der Waals surface area contributed by atoms with Crippen molar-refractivity contribution in [2.75, 3.05) is 11.9 Å². The van der Waals surface area contributed by atoms with Crippen molar-refractivity contribution in [3.05, 3.63) is 58.1 Å². The maximum Gasteiger partial charge on any atom is 0.350 e. The summed E-state index contributed by atoms with van der Waals surface area (Å²) in [5.74, 6) is 0.586. The molecule has 0 spiro atoms. The van der Waals surface area contributed by atoms with E-state index in [-0.39, 0.29) is 5.69 Å². The fraction of sp³-hybridized carbons (Fsp3) is 0.214. The number of aromatic nitrogens is 4. The molecule has 1 aromatic carbocycles. The van der Waals surface area contributed by atoms with Crippen LogP contribution in [0.25, 0.3) is 5.65 Å². The Bertz CT molecular complexity index is 790. The molecule has 2 heterocycles.